The minimum absolute atomic E-state index is 0.0770. The Morgan fingerprint density at radius 2 is 2.40 bits per heavy atom. The van der Waals surface area contributed by atoms with Crippen LogP contribution in [0.15, 0.2) is 11.1 Å². The number of H-pyrrole nitrogens is 1. The number of nitrogens with zero attached hydrogens (tertiary/aromatic N) is 1. The lowest BCUT2D eigenvalue weighted by Gasteiger charge is -2.38. The van der Waals surface area contributed by atoms with Gasteiger partial charge in [0.05, 0.1) is 6.33 Å². The molecule has 1 aliphatic carbocycles. The first kappa shape index (κ1) is 10.9. The van der Waals surface area contributed by atoms with Gasteiger partial charge in [0, 0.05) is 6.54 Å². The van der Waals surface area contributed by atoms with Crippen molar-refractivity contribution >= 4 is 28.4 Å². The molecule has 15 heavy (non-hydrogen) atoms. The first-order valence-corrected chi connectivity index (χ1v) is 6.16. The third kappa shape index (κ3) is 2.32. The molecule has 82 valence electrons. The van der Waals surface area contributed by atoms with Crippen LogP contribution in [0.25, 0.3) is 0 Å². The van der Waals surface area contributed by atoms with Gasteiger partial charge < -0.3 is 10.3 Å². The Kier molecular flexibility index (Phi) is 2.99. The summed E-state index contributed by atoms with van der Waals surface area (Å²) in [7, 11) is 0. The lowest BCUT2D eigenvalue weighted by Crippen LogP contribution is -2.34. The molecule has 0 unspecified atom stereocenters. The second-order valence-corrected chi connectivity index (χ2v) is 5.49. The van der Waals surface area contributed by atoms with Crippen molar-refractivity contribution in [3.8, 4) is 0 Å². The maximum absolute atomic E-state index is 11.3. The molecule has 0 aromatic carbocycles. The van der Waals surface area contributed by atoms with E-state index in [1.54, 1.807) is 0 Å². The molecule has 4 nitrogen and oxygen atoms in total. The monoisotopic (exact) mass is 319 g/mol. The van der Waals surface area contributed by atoms with Crippen LogP contribution in [-0.2, 0) is 0 Å². The first-order chi connectivity index (χ1) is 7.11. The second kappa shape index (κ2) is 4.11. The molecule has 1 fully saturated rings. The van der Waals surface area contributed by atoms with Gasteiger partial charge in [-0.25, -0.2) is 4.98 Å². The van der Waals surface area contributed by atoms with E-state index in [-0.39, 0.29) is 5.56 Å². The molecule has 1 aromatic heterocycles. The molecule has 0 spiro atoms. The highest BCUT2D eigenvalue weighted by atomic mass is 127. The molecule has 2 N–H and O–H groups in total. The molecule has 1 aliphatic rings. The molecule has 0 aliphatic heterocycles. The Morgan fingerprint density at radius 3 is 3.00 bits per heavy atom. The van der Waals surface area contributed by atoms with Gasteiger partial charge in [-0.2, -0.15) is 0 Å². The molecule has 2 rings (SSSR count). The predicted molar refractivity (Wildman–Crippen MR) is 68.0 cm³/mol. The van der Waals surface area contributed by atoms with Crippen molar-refractivity contribution < 1.29 is 0 Å². The van der Waals surface area contributed by atoms with Crippen molar-refractivity contribution in [2.75, 3.05) is 11.9 Å². The number of anilines is 1. The van der Waals surface area contributed by atoms with E-state index in [9.17, 15) is 4.79 Å². The average molecular weight is 319 g/mol. The summed E-state index contributed by atoms with van der Waals surface area (Å²) in [5.74, 6) is 0.701. The van der Waals surface area contributed by atoms with Gasteiger partial charge in [-0.3, -0.25) is 4.79 Å². The summed E-state index contributed by atoms with van der Waals surface area (Å²) in [6.45, 7) is 3.17. The van der Waals surface area contributed by atoms with Gasteiger partial charge in [0.15, 0.2) is 0 Å². The smallest absolute Gasteiger partial charge is 0.266 e. The molecule has 1 saturated carbocycles. The summed E-state index contributed by atoms with van der Waals surface area (Å²) in [4.78, 5) is 18.0. The lowest BCUT2D eigenvalue weighted by atomic mass is 9.70. The largest absolute Gasteiger partial charge is 0.368 e. The van der Waals surface area contributed by atoms with Crippen LogP contribution in [0.2, 0.25) is 0 Å². The third-order valence-corrected chi connectivity index (χ3v) is 4.04. The fourth-order valence-corrected chi connectivity index (χ4v) is 2.25. The average Bonchev–Trinajstić information content (AvgIpc) is 2.17. The molecular weight excluding hydrogens is 305 g/mol. The molecule has 0 saturated heterocycles. The zero-order valence-electron chi connectivity index (χ0n) is 8.64. The number of halogens is 1. The molecule has 1 aromatic rings. The van der Waals surface area contributed by atoms with Crippen LogP contribution >= 0.6 is 22.6 Å². The third-order valence-electron chi connectivity index (χ3n) is 3.04. The lowest BCUT2D eigenvalue weighted by molar-refractivity contribution is 0.179. The summed E-state index contributed by atoms with van der Waals surface area (Å²) in [5.41, 5.74) is 0.319. The van der Waals surface area contributed by atoms with Gasteiger partial charge in [0.25, 0.3) is 5.56 Å². The SMILES string of the molecule is CC1(CNc2nc[nH]c(=O)c2I)CCC1. The molecule has 5 heteroatoms. The minimum Gasteiger partial charge on any atom is -0.368 e. The van der Waals surface area contributed by atoms with Gasteiger partial charge in [-0.1, -0.05) is 13.3 Å². The Labute approximate surface area is 102 Å². The van der Waals surface area contributed by atoms with Crippen LogP contribution in [-0.4, -0.2) is 16.5 Å². The molecular formula is C10H14IN3O. The van der Waals surface area contributed by atoms with Crippen LogP contribution in [0.5, 0.6) is 0 Å². The van der Waals surface area contributed by atoms with E-state index in [2.05, 4.69) is 22.2 Å². The van der Waals surface area contributed by atoms with E-state index in [0.717, 1.165) is 6.54 Å². The van der Waals surface area contributed by atoms with E-state index in [1.165, 1.54) is 25.6 Å². The highest BCUT2D eigenvalue weighted by Gasteiger charge is 2.31. The van der Waals surface area contributed by atoms with E-state index in [4.69, 9.17) is 0 Å². The standard InChI is InChI=1S/C10H14IN3O/c1-10(3-2-4-10)5-12-8-7(11)9(15)14-6-13-8/h6H,2-5H2,1H3,(H2,12,13,14,15). The zero-order valence-corrected chi connectivity index (χ0v) is 10.8. The summed E-state index contributed by atoms with van der Waals surface area (Å²) in [6, 6.07) is 0. The van der Waals surface area contributed by atoms with Gasteiger partial charge in [0.2, 0.25) is 0 Å². The Bertz CT molecular complexity index is 411. The van der Waals surface area contributed by atoms with Crippen LogP contribution in [0, 0.1) is 8.99 Å². The topological polar surface area (TPSA) is 57.8 Å². The summed E-state index contributed by atoms with van der Waals surface area (Å²) in [6.07, 6.45) is 5.29. The van der Waals surface area contributed by atoms with Crippen molar-refractivity contribution in [3.05, 3.63) is 20.3 Å². The Morgan fingerprint density at radius 1 is 1.67 bits per heavy atom. The van der Waals surface area contributed by atoms with Crippen molar-refractivity contribution in [2.24, 2.45) is 5.41 Å². The van der Waals surface area contributed by atoms with Crippen molar-refractivity contribution in [2.45, 2.75) is 26.2 Å². The van der Waals surface area contributed by atoms with E-state index < -0.39 is 0 Å². The van der Waals surface area contributed by atoms with Crippen LogP contribution in [0.1, 0.15) is 26.2 Å². The zero-order chi connectivity index (χ0) is 10.9. The molecule has 1 heterocycles. The van der Waals surface area contributed by atoms with Crippen LogP contribution in [0.4, 0.5) is 5.82 Å². The highest BCUT2D eigenvalue weighted by molar-refractivity contribution is 14.1. The Hall–Kier alpha value is -0.590. The maximum Gasteiger partial charge on any atom is 0.266 e. The van der Waals surface area contributed by atoms with Crippen molar-refractivity contribution in [1.29, 1.82) is 0 Å². The van der Waals surface area contributed by atoms with Gasteiger partial charge >= 0.3 is 0 Å². The van der Waals surface area contributed by atoms with Gasteiger partial charge in [-0.05, 0) is 40.8 Å². The fourth-order valence-electron chi connectivity index (χ4n) is 1.76. The van der Waals surface area contributed by atoms with Gasteiger partial charge in [-0.15, -0.1) is 0 Å². The van der Waals surface area contributed by atoms with E-state index in [0.29, 0.717) is 14.8 Å². The number of rotatable bonds is 3. The fraction of sp³-hybridized carbons (Fsp3) is 0.600. The van der Waals surface area contributed by atoms with Crippen molar-refractivity contribution in [3.63, 3.8) is 0 Å². The van der Waals surface area contributed by atoms with E-state index >= 15 is 0 Å². The normalized spacial score (nSPS) is 18.3. The maximum atomic E-state index is 11.3. The quantitative estimate of drug-likeness (QED) is 0.838. The van der Waals surface area contributed by atoms with Crippen LogP contribution in [0.3, 0.4) is 0 Å². The Balaban J connectivity index is 2.05. The second-order valence-electron chi connectivity index (χ2n) is 4.41. The summed E-state index contributed by atoms with van der Waals surface area (Å²) in [5, 5.41) is 3.26. The number of aromatic nitrogens is 2. The van der Waals surface area contributed by atoms with Crippen molar-refractivity contribution in [1.82, 2.24) is 9.97 Å². The summed E-state index contributed by atoms with van der Waals surface area (Å²) < 4.78 is 0.637. The number of hydrogen-bond acceptors (Lipinski definition) is 3. The molecule has 0 amide bonds. The number of hydrogen-bond donors (Lipinski definition) is 2. The van der Waals surface area contributed by atoms with Crippen LogP contribution < -0.4 is 10.9 Å². The molecule has 0 radical (unpaired) electrons. The first-order valence-electron chi connectivity index (χ1n) is 5.08. The highest BCUT2D eigenvalue weighted by Crippen LogP contribution is 2.40. The van der Waals surface area contributed by atoms with Gasteiger partial charge in [0.1, 0.15) is 9.39 Å². The number of nitrogens with one attached hydrogen (secondary N) is 2. The summed E-state index contributed by atoms with van der Waals surface area (Å²) >= 11 is 2.02. The minimum atomic E-state index is -0.0770. The molecule has 0 bridgehead atoms. The predicted octanol–water partition coefficient (Wildman–Crippen LogP) is 1.98. The number of aromatic amines is 1. The van der Waals surface area contributed by atoms with E-state index in [1.807, 2.05) is 22.6 Å². The molecule has 0 atom stereocenters.